The normalized spacial score (nSPS) is 23.8. The molecule has 0 saturated carbocycles. The Balaban J connectivity index is 1.14. The summed E-state index contributed by atoms with van der Waals surface area (Å²) in [4.78, 5) is 36.4. The monoisotopic (exact) mass is 754 g/mol. The fourth-order valence-electron chi connectivity index (χ4n) is 8.62. The summed E-state index contributed by atoms with van der Waals surface area (Å²) in [5.41, 5.74) is 4.32. The quantitative estimate of drug-likeness (QED) is 0.250. The Kier molecular flexibility index (Phi) is 7.63. The Morgan fingerprint density at radius 2 is 1.98 bits per heavy atom. The molecule has 13 nitrogen and oxygen atoms in total. The maximum absolute atomic E-state index is 17.1. The molecule has 5 aromatic rings. The first kappa shape index (κ1) is 33.5. The van der Waals surface area contributed by atoms with Crippen molar-refractivity contribution in [2.75, 3.05) is 56.5 Å². The molecule has 4 aliphatic heterocycles. The molecule has 2 aromatic carbocycles. The number of benzene rings is 2. The molecule has 4 saturated heterocycles. The predicted molar refractivity (Wildman–Crippen MR) is 189 cm³/mol. The smallest absolute Gasteiger partial charge is 0.346 e. The molecular weight excluding hydrogens is 721 g/mol. The van der Waals surface area contributed by atoms with Crippen LogP contribution in [0.3, 0.4) is 0 Å². The van der Waals surface area contributed by atoms with E-state index in [9.17, 15) is 13.6 Å². The Bertz CT molecular complexity index is 2250. The lowest BCUT2D eigenvalue weighted by Gasteiger charge is -2.58. The number of hydrogen-bond acceptors (Lipinski definition) is 12. The van der Waals surface area contributed by atoms with Crippen molar-refractivity contribution < 1.29 is 27.4 Å². The second-order valence-electron chi connectivity index (χ2n) is 14.8. The molecule has 272 valence electrons. The van der Waals surface area contributed by atoms with E-state index in [2.05, 4.69) is 25.0 Å². The van der Waals surface area contributed by atoms with E-state index in [0.29, 0.717) is 37.3 Å². The second kappa shape index (κ2) is 11.8. The number of carbonyl (C=O) groups excluding carboxylic acids is 1. The van der Waals surface area contributed by atoms with Crippen molar-refractivity contribution in [3.63, 3.8) is 0 Å². The van der Waals surface area contributed by atoms with Crippen LogP contribution in [0.1, 0.15) is 33.1 Å². The van der Waals surface area contributed by atoms with E-state index in [1.54, 1.807) is 11.0 Å². The van der Waals surface area contributed by atoms with Gasteiger partial charge in [0.1, 0.15) is 48.2 Å². The molecule has 2 atom stereocenters. The molecule has 1 spiro atoms. The number of likely N-dealkylation sites (tertiary alicyclic amines) is 1. The Morgan fingerprint density at radius 1 is 1.15 bits per heavy atom. The van der Waals surface area contributed by atoms with Crippen LogP contribution >= 0.6 is 22.9 Å². The third kappa shape index (κ3) is 5.42. The molecule has 4 aliphatic rings. The average molecular weight is 755 g/mol. The van der Waals surface area contributed by atoms with E-state index in [0.717, 1.165) is 35.4 Å². The van der Waals surface area contributed by atoms with Crippen LogP contribution in [0.2, 0.25) is 5.02 Å². The highest BCUT2D eigenvalue weighted by atomic mass is 35.5. The van der Waals surface area contributed by atoms with Gasteiger partial charge in [-0.1, -0.05) is 22.9 Å². The van der Waals surface area contributed by atoms with Gasteiger partial charge in [0.05, 0.1) is 46.0 Å². The number of aromatic nitrogens is 6. The molecule has 9 rings (SSSR count). The van der Waals surface area contributed by atoms with Crippen molar-refractivity contribution in [3.8, 4) is 17.1 Å². The molecule has 0 bridgehead atoms. The lowest BCUT2D eigenvalue weighted by Crippen LogP contribution is -2.74. The Labute approximate surface area is 304 Å². The summed E-state index contributed by atoms with van der Waals surface area (Å²) in [6.45, 7) is 6.35. The van der Waals surface area contributed by atoms with Gasteiger partial charge in [-0.3, -0.25) is 4.90 Å². The highest BCUT2D eigenvalue weighted by molar-refractivity contribution is 7.22. The number of alkyl halides is 1. The third-order valence-corrected chi connectivity index (χ3v) is 11.7. The van der Waals surface area contributed by atoms with Crippen molar-refractivity contribution in [2.24, 2.45) is 0 Å². The lowest BCUT2D eigenvalue weighted by atomic mass is 9.88. The van der Waals surface area contributed by atoms with Crippen LogP contribution in [0.5, 0.6) is 6.01 Å². The summed E-state index contributed by atoms with van der Waals surface area (Å²) in [6, 6.07) is 3.84. The molecule has 7 heterocycles. The molecule has 2 N–H and O–H groups in total. The van der Waals surface area contributed by atoms with Gasteiger partial charge in [0.2, 0.25) is 0 Å². The molecule has 18 heteroatoms. The van der Waals surface area contributed by atoms with Gasteiger partial charge in [-0.2, -0.15) is 19.7 Å². The SMILES string of the molecule is CC1(C)CN(c2nc(OC[C@@]34CCCN3C[C@H](F)C4)nc3c(F)c(-c4ccc(F)c5sc(N)nc45)c(Cl)cc23)CC2(CN(C(=O)n3cncn3)C2)O1. The number of ether oxygens (including phenoxy) is 2. The summed E-state index contributed by atoms with van der Waals surface area (Å²) in [6.07, 6.45) is 3.70. The van der Waals surface area contributed by atoms with Crippen molar-refractivity contribution in [1.29, 1.82) is 0 Å². The highest BCUT2D eigenvalue weighted by Gasteiger charge is 2.54. The number of morpholine rings is 1. The van der Waals surface area contributed by atoms with Gasteiger partial charge in [0.25, 0.3) is 0 Å². The first-order valence-corrected chi connectivity index (χ1v) is 18.2. The number of nitrogens with zero attached hydrogens (tertiary/aromatic N) is 9. The van der Waals surface area contributed by atoms with Crippen molar-refractivity contribution in [2.45, 2.75) is 56.0 Å². The second-order valence-corrected chi connectivity index (χ2v) is 16.3. The minimum Gasteiger partial charge on any atom is -0.461 e. The van der Waals surface area contributed by atoms with Crippen LogP contribution in [0.4, 0.5) is 28.9 Å². The average Bonchev–Trinajstić information content (AvgIpc) is 3.87. The molecule has 3 aromatic heterocycles. The third-order valence-electron chi connectivity index (χ3n) is 10.5. The van der Waals surface area contributed by atoms with Crippen LogP contribution in [-0.2, 0) is 4.74 Å². The number of halogens is 4. The van der Waals surface area contributed by atoms with E-state index in [1.165, 1.54) is 24.8 Å². The number of fused-ring (bicyclic) bond motifs is 3. The maximum Gasteiger partial charge on any atom is 0.346 e. The van der Waals surface area contributed by atoms with Gasteiger partial charge in [-0.05, 0) is 51.4 Å². The number of amides is 1. The van der Waals surface area contributed by atoms with Gasteiger partial charge in [-0.25, -0.2) is 27.9 Å². The van der Waals surface area contributed by atoms with Gasteiger partial charge < -0.3 is 25.0 Å². The number of nitrogens with two attached hydrogens (primary N) is 1. The maximum atomic E-state index is 17.1. The molecule has 0 unspecified atom stereocenters. The van der Waals surface area contributed by atoms with Crippen LogP contribution in [0.25, 0.3) is 32.2 Å². The number of nitrogen functional groups attached to an aromatic ring is 1. The van der Waals surface area contributed by atoms with Crippen molar-refractivity contribution >= 4 is 61.0 Å². The number of rotatable bonds is 5. The van der Waals surface area contributed by atoms with Crippen LogP contribution in [-0.4, -0.2) is 114 Å². The summed E-state index contributed by atoms with van der Waals surface area (Å²) in [7, 11) is 0. The van der Waals surface area contributed by atoms with Gasteiger partial charge in [0.15, 0.2) is 10.9 Å². The first-order valence-electron chi connectivity index (χ1n) is 17.0. The number of hydrogen-bond donors (Lipinski definition) is 1. The zero-order valence-corrected chi connectivity index (χ0v) is 29.9. The molecular formula is C34H34ClF3N10O3S. The summed E-state index contributed by atoms with van der Waals surface area (Å²) in [5, 5.41) is 4.45. The van der Waals surface area contributed by atoms with E-state index < -0.39 is 34.5 Å². The van der Waals surface area contributed by atoms with Crippen LogP contribution in [0.15, 0.2) is 30.9 Å². The van der Waals surface area contributed by atoms with Gasteiger partial charge in [-0.15, -0.1) is 0 Å². The Morgan fingerprint density at radius 3 is 2.77 bits per heavy atom. The molecule has 0 radical (unpaired) electrons. The van der Waals surface area contributed by atoms with Crippen LogP contribution < -0.4 is 15.4 Å². The summed E-state index contributed by atoms with van der Waals surface area (Å²) in [5.74, 6) is -0.937. The zero-order valence-electron chi connectivity index (χ0n) is 28.3. The largest absolute Gasteiger partial charge is 0.461 e. The zero-order chi connectivity index (χ0) is 36.2. The van der Waals surface area contributed by atoms with E-state index in [4.69, 9.17) is 31.8 Å². The number of carbonyl (C=O) groups is 1. The van der Waals surface area contributed by atoms with E-state index in [-0.39, 0.29) is 68.8 Å². The minimum atomic E-state index is -0.961. The van der Waals surface area contributed by atoms with E-state index in [1.807, 2.05) is 18.7 Å². The molecule has 4 fully saturated rings. The molecule has 52 heavy (non-hydrogen) atoms. The standard InChI is InChI=1S/C34H34ClF3N10O3S/c1-32(2)11-45(12-34(51-32)13-46(14-34)31(49)48-17-40-16-41-48)28-20-8-21(35)23(19-4-5-22(37)27-26(19)42-29(39)52-27)24(38)25(20)43-30(44-28)50-15-33-6-3-7-47(33)10-18(36)9-33/h4-5,8,16-18H,3,6-7,9-15H2,1-2H3,(H2,39,42)/t18-,33+/m1/s1. The highest BCUT2D eigenvalue weighted by Crippen LogP contribution is 2.45. The predicted octanol–water partition coefficient (Wildman–Crippen LogP) is 5.30. The molecule has 0 aliphatic carbocycles. The Hall–Kier alpha value is -4.32. The van der Waals surface area contributed by atoms with Gasteiger partial charge in [0, 0.05) is 36.0 Å². The number of anilines is 2. The van der Waals surface area contributed by atoms with Gasteiger partial charge >= 0.3 is 12.0 Å². The van der Waals surface area contributed by atoms with Crippen molar-refractivity contribution in [1.82, 2.24) is 39.5 Å². The first-order chi connectivity index (χ1) is 24.8. The summed E-state index contributed by atoms with van der Waals surface area (Å²) < 4.78 is 60.7. The topological polar surface area (TPSA) is 141 Å². The lowest BCUT2D eigenvalue weighted by molar-refractivity contribution is -0.202. The fraction of sp³-hybridized carbons (Fsp3) is 0.471. The molecule has 1 amide bonds. The van der Waals surface area contributed by atoms with E-state index >= 15 is 4.39 Å². The number of thiazole rings is 1. The fourth-order valence-corrected chi connectivity index (χ4v) is 9.68. The van der Waals surface area contributed by atoms with Crippen LogP contribution in [0, 0.1) is 11.6 Å². The van der Waals surface area contributed by atoms with Crippen molar-refractivity contribution in [3.05, 3.63) is 47.5 Å². The minimum absolute atomic E-state index is 0.0169. The summed E-state index contributed by atoms with van der Waals surface area (Å²) >= 11 is 7.86.